The number of rotatable bonds is 4. The van der Waals surface area contributed by atoms with E-state index in [1.54, 1.807) is 18.2 Å². The fourth-order valence-electron chi connectivity index (χ4n) is 1.51. The number of benzene rings is 1. The quantitative estimate of drug-likeness (QED) is 0.609. The summed E-state index contributed by atoms with van der Waals surface area (Å²) in [7, 11) is 0. The van der Waals surface area contributed by atoms with E-state index in [2.05, 4.69) is 0 Å². The lowest BCUT2D eigenvalue weighted by molar-refractivity contribution is 0.0896. The number of hydrogen-bond donors (Lipinski definition) is 0. The molecule has 0 atom stereocenters. The van der Waals surface area contributed by atoms with Crippen molar-refractivity contribution in [3.05, 3.63) is 57.8 Å². The molecule has 0 aliphatic heterocycles. The Morgan fingerprint density at radius 2 is 1.76 bits per heavy atom. The van der Waals surface area contributed by atoms with Crippen LogP contribution in [-0.2, 0) is 0 Å². The molecule has 17 heavy (non-hydrogen) atoms. The van der Waals surface area contributed by atoms with Gasteiger partial charge in [-0.05, 0) is 18.4 Å². The minimum absolute atomic E-state index is 0.0520. The highest BCUT2D eigenvalue weighted by Gasteiger charge is 2.13. The van der Waals surface area contributed by atoms with Gasteiger partial charge in [-0.25, -0.2) is 0 Å². The normalized spacial score (nSPS) is 10.2. The van der Waals surface area contributed by atoms with Crippen LogP contribution in [-0.4, -0.2) is 11.6 Å². The Morgan fingerprint density at radius 3 is 2.35 bits per heavy atom. The summed E-state index contributed by atoms with van der Waals surface area (Å²) in [6.07, 6.45) is -0.0520. The van der Waals surface area contributed by atoms with E-state index in [-0.39, 0.29) is 18.0 Å². The molecular weight excluding hydrogens is 232 g/mol. The van der Waals surface area contributed by atoms with E-state index in [9.17, 15) is 9.59 Å². The molecule has 0 amide bonds. The van der Waals surface area contributed by atoms with Gasteiger partial charge in [-0.15, -0.1) is 11.3 Å². The van der Waals surface area contributed by atoms with E-state index >= 15 is 0 Å². The Bertz CT molecular complexity index is 524. The van der Waals surface area contributed by atoms with Crippen LogP contribution in [0.1, 0.15) is 32.0 Å². The summed E-state index contributed by atoms with van der Waals surface area (Å²) in [5, 5.41) is 1.84. The zero-order valence-corrected chi connectivity index (χ0v) is 10.3. The summed E-state index contributed by atoms with van der Waals surface area (Å²) < 4.78 is 0. The highest BCUT2D eigenvalue weighted by molar-refractivity contribution is 7.12. The Kier molecular flexibility index (Phi) is 3.49. The molecule has 3 heteroatoms. The lowest BCUT2D eigenvalue weighted by Crippen LogP contribution is -2.07. The molecule has 0 aliphatic rings. The first kappa shape index (κ1) is 11.7. The van der Waals surface area contributed by atoms with Crippen molar-refractivity contribution in [2.45, 2.75) is 13.3 Å². The maximum absolute atomic E-state index is 11.8. The maximum Gasteiger partial charge on any atom is 0.180 e. The summed E-state index contributed by atoms with van der Waals surface area (Å²) in [5.41, 5.74) is 1.70. The van der Waals surface area contributed by atoms with Gasteiger partial charge in [0.15, 0.2) is 11.6 Å². The van der Waals surface area contributed by atoms with Crippen molar-refractivity contribution in [1.29, 1.82) is 0 Å². The number of hydrogen-bond acceptors (Lipinski definition) is 3. The number of thiophene rings is 1. The van der Waals surface area contributed by atoms with Crippen LogP contribution in [0.25, 0.3) is 0 Å². The van der Waals surface area contributed by atoms with E-state index in [1.165, 1.54) is 11.3 Å². The third-order valence-electron chi connectivity index (χ3n) is 2.49. The molecule has 0 radical (unpaired) electrons. The van der Waals surface area contributed by atoms with Crippen LogP contribution in [0.15, 0.2) is 41.8 Å². The van der Waals surface area contributed by atoms with Gasteiger partial charge in [0.2, 0.25) is 0 Å². The standard InChI is InChI=1S/C14H12O2S/c1-10-4-6-11(7-5-10)12(15)9-13(16)14-3-2-8-17-14/h2-8H,9H2,1H3. The van der Waals surface area contributed by atoms with Gasteiger partial charge >= 0.3 is 0 Å². The SMILES string of the molecule is Cc1ccc(C(=O)CC(=O)c2cccs2)cc1. The van der Waals surface area contributed by atoms with E-state index in [0.29, 0.717) is 10.4 Å². The number of Topliss-reactive ketones (excluding diaryl/α,β-unsaturated/α-hetero) is 2. The fraction of sp³-hybridized carbons (Fsp3) is 0.143. The summed E-state index contributed by atoms with van der Waals surface area (Å²) in [4.78, 5) is 24.2. The van der Waals surface area contributed by atoms with E-state index < -0.39 is 0 Å². The molecule has 0 N–H and O–H groups in total. The molecule has 1 heterocycles. The summed E-state index contributed by atoms with van der Waals surface area (Å²) in [6.45, 7) is 1.96. The van der Waals surface area contributed by atoms with Crippen molar-refractivity contribution in [2.24, 2.45) is 0 Å². The second-order valence-corrected chi connectivity index (χ2v) is 4.81. The van der Waals surface area contributed by atoms with E-state index in [1.807, 2.05) is 30.5 Å². The second-order valence-electron chi connectivity index (χ2n) is 3.87. The van der Waals surface area contributed by atoms with Crippen LogP contribution in [0.4, 0.5) is 0 Å². The smallest absolute Gasteiger partial charge is 0.180 e. The van der Waals surface area contributed by atoms with Gasteiger partial charge in [-0.1, -0.05) is 35.9 Å². The molecule has 1 aromatic heterocycles. The van der Waals surface area contributed by atoms with Crippen LogP contribution in [0, 0.1) is 6.92 Å². The minimum Gasteiger partial charge on any atom is -0.294 e. The molecule has 0 saturated heterocycles. The molecule has 0 unspecified atom stereocenters. The molecule has 2 aromatic rings. The zero-order chi connectivity index (χ0) is 12.3. The van der Waals surface area contributed by atoms with Crippen LogP contribution in [0.2, 0.25) is 0 Å². The number of ketones is 2. The highest BCUT2D eigenvalue weighted by Crippen LogP contribution is 2.14. The molecular formula is C14H12O2S. The molecule has 86 valence electrons. The third-order valence-corrected chi connectivity index (χ3v) is 3.40. The molecule has 0 aliphatic carbocycles. The van der Waals surface area contributed by atoms with Crippen molar-refractivity contribution in [3.63, 3.8) is 0 Å². The lowest BCUT2D eigenvalue weighted by Gasteiger charge is -2.00. The van der Waals surface area contributed by atoms with Crippen molar-refractivity contribution >= 4 is 22.9 Å². The average molecular weight is 244 g/mol. The van der Waals surface area contributed by atoms with Crippen LogP contribution < -0.4 is 0 Å². The van der Waals surface area contributed by atoms with Crippen molar-refractivity contribution in [2.75, 3.05) is 0 Å². The lowest BCUT2D eigenvalue weighted by atomic mass is 10.0. The van der Waals surface area contributed by atoms with Crippen LogP contribution >= 0.6 is 11.3 Å². The zero-order valence-electron chi connectivity index (χ0n) is 9.47. The largest absolute Gasteiger partial charge is 0.294 e. The summed E-state index contributed by atoms with van der Waals surface area (Å²) in [5.74, 6) is -0.228. The monoisotopic (exact) mass is 244 g/mol. The molecule has 2 rings (SSSR count). The Morgan fingerprint density at radius 1 is 1.06 bits per heavy atom. The van der Waals surface area contributed by atoms with Crippen molar-refractivity contribution in [3.8, 4) is 0 Å². The third kappa shape index (κ3) is 2.88. The maximum atomic E-state index is 11.8. The molecule has 0 fully saturated rings. The van der Waals surface area contributed by atoms with Crippen LogP contribution in [0.3, 0.4) is 0 Å². The van der Waals surface area contributed by atoms with Gasteiger partial charge in [0.1, 0.15) is 0 Å². The average Bonchev–Trinajstić information content (AvgIpc) is 2.83. The molecule has 0 spiro atoms. The molecule has 2 nitrogen and oxygen atoms in total. The first-order chi connectivity index (χ1) is 8.16. The van der Waals surface area contributed by atoms with E-state index in [4.69, 9.17) is 0 Å². The second kappa shape index (κ2) is 5.06. The minimum atomic E-state index is -0.122. The number of carbonyl (C=O) groups is 2. The van der Waals surface area contributed by atoms with E-state index in [0.717, 1.165) is 5.56 Å². The van der Waals surface area contributed by atoms with Gasteiger partial charge in [0.05, 0.1) is 11.3 Å². The number of carbonyl (C=O) groups excluding carboxylic acids is 2. The Hall–Kier alpha value is -1.74. The fourth-order valence-corrected chi connectivity index (χ4v) is 2.18. The van der Waals surface area contributed by atoms with Gasteiger partial charge in [0, 0.05) is 5.56 Å². The Balaban J connectivity index is 2.07. The summed E-state index contributed by atoms with van der Waals surface area (Å²) >= 11 is 1.37. The van der Waals surface area contributed by atoms with Crippen molar-refractivity contribution in [1.82, 2.24) is 0 Å². The highest BCUT2D eigenvalue weighted by atomic mass is 32.1. The van der Waals surface area contributed by atoms with Crippen LogP contribution in [0.5, 0.6) is 0 Å². The van der Waals surface area contributed by atoms with Gasteiger partial charge in [-0.2, -0.15) is 0 Å². The molecule has 0 saturated carbocycles. The van der Waals surface area contributed by atoms with Crippen molar-refractivity contribution < 1.29 is 9.59 Å². The van der Waals surface area contributed by atoms with Gasteiger partial charge in [-0.3, -0.25) is 9.59 Å². The number of aryl methyl sites for hydroxylation is 1. The Labute approximate surface area is 104 Å². The van der Waals surface area contributed by atoms with Gasteiger partial charge in [0.25, 0.3) is 0 Å². The molecule has 1 aromatic carbocycles. The molecule has 0 bridgehead atoms. The first-order valence-corrected chi connectivity index (χ1v) is 6.21. The summed E-state index contributed by atoms with van der Waals surface area (Å²) in [6, 6.07) is 10.8. The van der Waals surface area contributed by atoms with Gasteiger partial charge < -0.3 is 0 Å². The predicted octanol–water partition coefficient (Wildman–Crippen LogP) is 3.51. The predicted molar refractivity (Wildman–Crippen MR) is 68.8 cm³/mol. The topological polar surface area (TPSA) is 34.1 Å². The first-order valence-electron chi connectivity index (χ1n) is 5.33.